The number of aromatic nitrogens is 3. The van der Waals surface area contributed by atoms with E-state index in [4.69, 9.17) is 16.3 Å². The minimum absolute atomic E-state index is 0.118. The highest BCUT2D eigenvalue weighted by Crippen LogP contribution is 2.31. The van der Waals surface area contributed by atoms with Gasteiger partial charge in [-0.25, -0.2) is 0 Å². The van der Waals surface area contributed by atoms with Gasteiger partial charge in [0.1, 0.15) is 18.2 Å². The Morgan fingerprint density at radius 2 is 2.25 bits per heavy atom. The number of halogens is 1. The van der Waals surface area contributed by atoms with Crippen molar-refractivity contribution in [2.75, 3.05) is 13.2 Å². The minimum atomic E-state index is -0.170. The van der Waals surface area contributed by atoms with E-state index in [1.54, 1.807) is 0 Å². The van der Waals surface area contributed by atoms with Gasteiger partial charge in [0.25, 0.3) is 0 Å². The van der Waals surface area contributed by atoms with Gasteiger partial charge < -0.3 is 14.2 Å². The zero-order valence-corrected chi connectivity index (χ0v) is 14.3. The highest BCUT2D eigenvalue weighted by molar-refractivity contribution is 6.30. The van der Waals surface area contributed by atoms with Crippen molar-refractivity contribution in [1.82, 2.24) is 19.7 Å². The molecule has 0 unspecified atom stereocenters. The van der Waals surface area contributed by atoms with E-state index < -0.39 is 0 Å². The van der Waals surface area contributed by atoms with Gasteiger partial charge in [-0.3, -0.25) is 4.79 Å². The summed E-state index contributed by atoms with van der Waals surface area (Å²) in [5.74, 6) is 2.63. The summed E-state index contributed by atoms with van der Waals surface area (Å²) in [6.07, 6.45) is 1.52. The van der Waals surface area contributed by atoms with Gasteiger partial charge in [-0.2, -0.15) is 0 Å². The number of ether oxygens (including phenoxy) is 1. The second kappa shape index (κ2) is 6.09. The Morgan fingerprint density at radius 1 is 1.38 bits per heavy atom. The number of rotatable bonds is 2. The topological polar surface area (TPSA) is 60.2 Å². The SMILES string of the molecule is CCc1nnc2n1CCN(C(=O)[C@@H]1COc3ccc(Cl)cc3C1)C2. The third-order valence-corrected chi connectivity index (χ3v) is 4.97. The van der Waals surface area contributed by atoms with Crippen LogP contribution < -0.4 is 4.74 Å². The fourth-order valence-electron chi connectivity index (χ4n) is 3.45. The lowest BCUT2D eigenvalue weighted by atomic mass is 9.95. The average molecular weight is 347 g/mol. The summed E-state index contributed by atoms with van der Waals surface area (Å²) >= 11 is 6.06. The van der Waals surface area contributed by atoms with Gasteiger partial charge in [-0.1, -0.05) is 18.5 Å². The van der Waals surface area contributed by atoms with Crippen molar-refractivity contribution in [2.24, 2.45) is 5.92 Å². The van der Waals surface area contributed by atoms with Gasteiger partial charge in [0.15, 0.2) is 5.82 Å². The first kappa shape index (κ1) is 15.4. The lowest BCUT2D eigenvalue weighted by Crippen LogP contribution is -2.44. The van der Waals surface area contributed by atoms with E-state index in [2.05, 4.69) is 21.7 Å². The molecule has 2 aromatic rings. The molecule has 2 aliphatic rings. The lowest BCUT2D eigenvalue weighted by molar-refractivity contribution is -0.138. The Balaban J connectivity index is 1.49. The molecule has 2 aliphatic heterocycles. The molecule has 0 fully saturated rings. The van der Waals surface area contributed by atoms with Crippen molar-refractivity contribution in [1.29, 1.82) is 0 Å². The van der Waals surface area contributed by atoms with Crippen LogP contribution in [0.4, 0.5) is 0 Å². The second-order valence-corrected chi connectivity index (χ2v) is 6.70. The molecule has 0 radical (unpaired) electrons. The van der Waals surface area contributed by atoms with E-state index in [0.29, 0.717) is 31.1 Å². The van der Waals surface area contributed by atoms with Crippen LogP contribution in [0.5, 0.6) is 5.75 Å². The molecule has 0 bridgehead atoms. The molecule has 0 saturated heterocycles. The average Bonchev–Trinajstić information content (AvgIpc) is 3.02. The normalized spacial score (nSPS) is 19.4. The number of amides is 1. The fraction of sp³-hybridized carbons (Fsp3) is 0.471. The molecule has 24 heavy (non-hydrogen) atoms. The first-order valence-corrected chi connectivity index (χ1v) is 8.64. The van der Waals surface area contributed by atoms with Crippen molar-refractivity contribution in [3.63, 3.8) is 0 Å². The summed E-state index contributed by atoms with van der Waals surface area (Å²) in [6, 6.07) is 5.57. The van der Waals surface area contributed by atoms with Crippen LogP contribution >= 0.6 is 11.6 Å². The van der Waals surface area contributed by atoms with Gasteiger partial charge >= 0.3 is 0 Å². The Labute approximate surface area is 145 Å². The third-order valence-electron chi connectivity index (χ3n) is 4.74. The molecule has 1 atom stereocenters. The maximum absolute atomic E-state index is 12.9. The molecule has 3 heterocycles. The van der Waals surface area contributed by atoms with Crippen molar-refractivity contribution in [3.8, 4) is 5.75 Å². The number of fused-ring (bicyclic) bond motifs is 2. The lowest BCUT2D eigenvalue weighted by Gasteiger charge is -2.33. The van der Waals surface area contributed by atoms with Gasteiger partial charge in [0.05, 0.1) is 12.5 Å². The Hall–Kier alpha value is -2.08. The highest BCUT2D eigenvalue weighted by atomic mass is 35.5. The van der Waals surface area contributed by atoms with Crippen LogP contribution in [0.1, 0.15) is 24.1 Å². The maximum atomic E-state index is 12.9. The molecule has 7 heteroatoms. The molecule has 1 aromatic carbocycles. The number of carbonyl (C=O) groups excluding carboxylic acids is 1. The highest BCUT2D eigenvalue weighted by Gasteiger charge is 2.32. The zero-order valence-electron chi connectivity index (χ0n) is 13.5. The number of aryl methyl sites for hydroxylation is 1. The number of benzene rings is 1. The van der Waals surface area contributed by atoms with Crippen molar-refractivity contribution in [3.05, 3.63) is 40.4 Å². The number of carbonyl (C=O) groups is 1. The van der Waals surface area contributed by atoms with Gasteiger partial charge in [-0.05, 0) is 30.2 Å². The Kier molecular flexibility index (Phi) is 3.92. The second-order valence-electron chi connectivity index (χ2n) is 6.26. The van der Waals surface area contributed by atoms with Gasteiger partial charge in [0, 0.05) is 24.5 Å². The van der Waals surface area contributed by atoms with E-state index >= 15 is 0 Å². The van der Waals surface area contributed by atoms with Crippen LogP contribution in [0.2, 0.25) is 5.02 Å². The van der Waals surface area contributed by atoms with Crippen LogP contribution in [0.25, 0.3) is 0 Å². The molecule has 1 amide bonds. The predicted molar refractivity (Wildman–Crippen MR) is 89.0 cm³/mol. The molecular formula is C17H19ClN4O2. The van der Waals surface area contributed by atoms with Crippen molar-refractivity contribution < 1.29 is 9.53 Å². The van der Waals surface area contributed by atoms with E-state index in [1.807, 2.05) is 23.1 Å². The van der Waals surface area contributed by atoms with E-state index in [-0.39, 0.29) is 11.8 Å². The molecule has 126 valence electrons. The van der Waals surface area contributed by atoms with Crippen LogP contribution in [0, 0.1) is 5.92 Å². The molecule has 0 saturated carbocycles. The standard InChI is InChI=1S/C17H19ClN4O2/c1-2-15-19-20-16-9-21(5-6-22(15)16)17(23)12-7-11-8-13(18)3-4-14(11)24-10-12/h3-4,8,12H,2,5-7,9-10H2,1H3/t12-/m0/s1. The first-order valence-electron chi connectivity index (χ1n) is 8.26. The number of hydrogen-bond donors (Lipinski definition) is 0. The quantitative estimate of drug-likeness (QED) is 0.835. The van der Waals surface area contributed by atoms with Gasteiger partial charge in [0.2, 0.25) is 5.91 Å². The van der Waals surface area contributed by atoms with E-state index in [0.717, 1.165) is 35.9 Å². The fourth-order valence-corrected chi connectivity index (χ4v) is 3.64. The zero-order chi connectivity index (χ0) is 16.7. The van der Waals surface area contributed by atoms with Crippen LogP contribution in [-0.2, 0) is 30.7 Å². The number of nitrogens with zero attached hydrogens (tertiary/aromatic N) is 4. The molecule has 4 rings (SSSR count). The smallest absolute Gasteiger partial charge is 0.229 e. The van der Waals surface area contributed by atoms with Crippen molar-refractivity contribution in [2.45, 2.75) is 32.9 Å². The van der Waals surface area contributed by atoms with Crippen molar-refractivity contribution >= 4 is 17.5 Å². The Bertz CT molecular complexity index is 789. The third kappa shape index (κ3) is 2.65. The molecule has 0 aliphatic carbocycles. The predicted octanol–water partition coefficient (Wildman–Crippen LogP) is 2.09. The van der Waals surface area contributed by atoms with Crippen LogP contribution in [-0.4, -0.2) is 38.7 Å². The van der Waals surface area contributed by atoms with E-state index in [9.17, 15) is 4.79 Å². The molecule has 0 N–H and O–H groups in total. The van der Waals surface area contributed by atoms with Crippen LogP contribution in [0.3, 0.4) is 0 Å². The summed E-state index contributed by atoms with van der Waals surface area (Å²) in [5, 5.41) is 9.09. The molecule has 0 spiro atoms. The summed E-state index contributed by atoms with van der Waals surface area (Å²) in [7, 11) is 0. The molecular weight excluding hydrogens is 328 g/mol. The first-order chi connectivity index (χ1) is 11.7. The summed E-state index contributed by atoms with van der Waals surface area (Å²) < 4.78 is 7.88. The monoisotopic (exact) mass is 346 g/mol. The molecule has 1 aromatic heterocycles. The molecule has 6 nitrogen and oxygen atoms in total. The summed E-state index contributed by atoms with van der Waals surface area (Å²) in [6.45, 7) is 4.45. The largest absolute Gasteiger partial charge is 0.492 e. The van der Waals surface area contributed by atoms with Crippen LogP contribution in [0.15, 0.2) is 18.2 Å². The van der Waals surface area contributed by atoms with Gasteiger partial charge in [-0.15, -0.1) is 10.2 Å². The maximum Gasteiger partial charge on any atom is 0.229 e. The number of hydrogen-bond acceptors (Lipinski definition) is 4. The summed E-state index contributed by atoms with van der Waals surface area (Å²) in [4.78, 5) is 14.8. The minimum Gasteiger partial charge on any atom is -0.492 e. The Morgan fingerprint density at radius 3 is 3.08 bits per heavy atom. The van der Waals surface area contributed by atoms with E-state index in [1.165, 1.54) is 0 Å². The summed E-state index contributed by atoms with van der Waals surface area (Å²) in [5.41, 5.74) is 1.00.